The number of carbonyl (C=O) groups excluding carboxylic acids is 3. The zero-order valence-electron chi connectivity index (χ0n) is 22.5. The number of aryl methyl sites for hydroxylation is 1. The number of fused-ring (bicyclic) bond motifs is 2. The molecule has 10 heteroatoms. The molecule has 0 unspecified atom stereocenters. The molecule has 0 bridgehead atoms. The smallest absolute Gasteiger partial charge is 0.255 e. The number of carbonyl (C=O) groups is 3. The van der Waals surface area contributed by atoms with E-state index >= 15 is 0 Å². The van der Waals surface area contributed by atoms with Crippen molar-refractivity contribution in [2.24, 2.45) is 5.92 Å². The van der Waals surface area contributed by atoms with Crippen molar-refractivity contribution in [1.82, 2.24) is 25.1 Å². The van der Waals surface area contributed by atoms with Gasteiger partial charge >= 0.3 is 0 Å². The summed E-state index contributed by atoms with van der Waals surface area (Å²) in [7, 11) is 0. The van der Waals surface area contributed by atoms with Gasteiger partial charge in [-0.15, -0.1) is 0 Å². The normalized spacial score (nSPS) is 17.5. The first-order valence-corrected chi connectivity index (χ1v) is 13.9. The summed E-state index contributed by atoms with van der Waals surface area (Å²) >= 11 is 6.15. The molecule has 0 radical (unpaired) electrons. The van der Waals surface area contributed by atoms with Crippen molar-refractivity contribution in [2.45, 2.75) is 52.1 Å². The van der Waals surface area contributed by atoms with Gasteiger partial charge in [0.25, 0.3) is 5.91 Å². The number of hydrogen-bond donors (Lipinski definition) is 2. The van der Waals surface area contributed by atoms with Gasteiger partial charge in [-0.1, -0.05) is 37.6 Å². The second kappa shape index (κ2) is 13.5. The molecule has 1 aromatic heterocycles. The third-order valence-electron chi connectivity index (χ3n) is 6.67. The molecule has 0 saturated heterocycles. The fourth-order valence-electron chi connectivity index (χ4n) is 4.76. The molecule has 0 aliphatic carbocycles. The van der Waals surface area contributed by atoms with Crippen molar-refractivity contribution in [3.05, 3.63) is 59.4 Å². The monoisotopic (exact) mass is 553 g/mol. The number of imidazole rings is 1. The Labute approximate surface area is 233 Å². The van der Waals surface area contributed by atoms with E-state index in [4.69, 9.17) is 16.3 Å². The predicted octanol–water partition coefficient (Wildman–Crippen LogP) is 4.04. The van der Waals surface area contributed by atoms with E-state index in [0.717, 1.165) is 11.0 Å². The molecule has 2 heterocycles. The summed E-state index contributed by atoms with van der Waals surface area (Å²) in [5, 5.41) is 6.41. The topological polar surface area (TPSA) is 106 Å². The van der Waals surface area contributed by atoms with Gasteiger partial charge in [0, 0.05) is 31.1 Å². The molecular weight excluding hydrogens is 518 g/mol. The summed E-state index contributed by atoms with van der Waals surface area (Å²) < 4.78 is 7.97. The predicted molar refractivity (Wildman–Crippen MR) is 151 cm³/mol. The maximum Gasteiger partial charge on any atom is 0.255 e. The van der Waals surface area contributed by atoms with Crippen molar-refractivity contribution >= 4 is 40.4 Å². The van der Waals surface area contributed by atoms with Gasteiger partial charge in [-0.05, 0) is 55.5 Å². The van der Waals surface area contributed by atoms with Crippen LogP contribution in [0.4, 0.5) is 0 Å². The van der Waals surface area contributed by atoms with Crippen LogP contribution in [0.25, 0.3) is 11.0 Å². The van der Waals surface area contributed by atoms with Crippen LogP contribution in [-0.4, -0.2) is 64.5 Å². The van der Waals surface area contributed by atoms with Crippen molar-refractivity contribution in [2.75, 3.05) is 26.2 Å². The highest BCUT2D eigenvalue weighted by atomic mass is 35.5. The number of nitrogens with one attached hydrogen (secondary N) is 2. The molecule has 3 aromatic rings. The Kier molecular flexibility index (Phi) is 9.81. The first kappa shape index (κ1) is 28.4. The SMILES string of the molecule is CC(C)C[C@@H]1COc2ccc(Cl)cc2C(=O)NCCCCN(C(=O)CCn2cnc3ccccc32)CC(=O)N1. The summed E-state index contributed by atoms with van der Waals surface area (Å²) in [5.74, 6) is 0.115. The van der Waals surface area contributed by atoms with Crippen LogP contribution in [-0.2, 0) is 16.1 Å². The fourth-order valence-corrected chi connectivity index (χ4v) is 4.93. The van der Waals surface area contributed by atoms with Gasteiger partial charge in [-0.3, -0.25) is 14.4 Å². The Morgan fingerprint density at radius 3 is 2.82 bits per heavy atom. The van der Waals surface area contributed by atoms with Gasteiger partial charge < -0.3 is 24.8 Å². The molecule has 9 nitrogen and oxygen atoms in total. The zero-order valence-corrected chi connectivity index (χ0v) is 23.2. The minimum Gasteiger partial charge on any atom is -0.491 e. The summed E-state index contributed by atoms with van der Waals surface area (Å²) in [4.78, 5) is 45.3. The maximum atomic E-state index is 13.3. The zero-order chi connectivity index (χ0) is 27.8. The number of nitrogens with zero attached hydrogens (tertiary/aromatic N) is 3. The van der Waals surface area contributed by atoms with Gasteiger partial charge in [-0.2, -0.15) is 0 Å². The van der Waals surface area contributed by atoms with Crippen LogP contribution in [0.5, 0.6) is 5.75 Å². The summed E-state index contributed by atoms with van der Waals surface area (Å²) in [6.07, 6.45) is 3.96. The average molecular weight is 554 g/mol. The number of aromatic nitrogens is 2. The number of amides is 3. The highest BCUT2D eigenvalue weighted by Crippen LogP contribution is 2.24. The van der Waals surface area contributed by atoms with Gasteiger partial charge in [0.2, 0.25) is 11.8 Å². The van der Waals surface area contributed by atoms with Crippen molar-refractivity contribution in [3.63, 3.8) is 0 Å². The molecule has 39 heavy (non-hydrogen) atoms. The summed E-state index contributed by atoms with van der Waals surface area (Å²) in [5.41, 5.74) is 2.20. The van der Waals surface area contributed by atoms with Crippen LogP contribution in [0.15, 0.2) is 48.8 Å². The van der Waals surface area contributed by atoms with E-state index in [9.17, 15) is 14.4 Å². The number of halogens is 1. The van der Waals surface area contributed by atoms with Crippen LogP contribution < -0.4 is 15.4 Å². The van der Waals surface area contributed by atoms with E-state index < -0.39 is 0 Å². The maximum absolute atomic E-state index is 13.3. The quantitative estimate of drug-likeness (QED) is 0.496. The minimum absolute atomic E-state index is 0.0311. The van der Waals surface area contributed by atoms with E-state index in [1.54, 1.807) is 29.4 Å². The number of rotatable bonds is 5. The molecule has 208 valence electrons. The second-order valence-electron chi connectivity index (χ2n) is 10.3. The molecule has 1 aliphatic heterocycles. The Balaban J connectivity index is 1.47. The van der Waals surface area contributed by atoms with E-state index in [1.165, 1.54) is 0 Å². The third kappa shape index (κ3) is 7.95. The molecule has 4 rings (SSSR count). The molecule has 0 spiro atoms. The fraction of sp³-hybridized carbons (Fsp3) is 0.448. The highest BCUT2D eigenvalue weighted by molar-refractivity contribution is 6.31. The number of ether oxygens (including phenoxy) is 1. The number of para-hydroxylation sites is 2. The third-order valence-corrected chi connectivity index (χ3v) is 6.90. The molecule has 2 N–H and O–H groups in total. The van der Waals surface area contributed by atoms with E-state index in [1.807, 2.05) is 28.8 Å². The molecule has 1 atom stereocenters. The Bertz CT molecular complexity index is 1310. The Morgan fingerprint density at radius 2 is 2.00 bits per heavy atom. The first-order chi connectivity index (χ1) is 18.8. The minimum atomic E-state index is -0.288. The lowest BCUT2D eigenvalue weighted by Crippen LogP contribution is -2.47. The number of benzene rings is 2. The molecule has 0 saturated carbocycles. The lowest BCUT2D eigenvalue weighted by Gasteiger charge is -2.25. The van der Waals surface area contributed by atoms with Crippen LogP contribution in [0, 0.1) is 5.92 Å². The molecule has 0 fully saturated rings. The van der Waals surface area contributed by atoms with Crippen LogP contribution in [0.1, 0.15) is 49.9 Å². The van der Waals surface area contributed by atoms with E-state index in [2.05, 4.69) is 29.5 Å². The van der Waals surface area contributed by atoms with Gasteiger partial charge in [-0.25, -0.2) is 4.98 Å². The standard InChI is InChI=1S/C29H36ClN5O4/c1-20(2)15-22-18-39-26-10-9-21(30)16-23(26)29(38)31-12-5-6-13-34(17-27(36)33-22)28(37)11-14-35-19-32-24-7-3-4-8-25(24)35/h3-4,7-10,16,19-20,22H,5-6,11-15,17-18H2,1-2H3,(H,31,38)(H,33,36)/t22-/m1/s1. The highest BCUT2D eigenvalue weighted by Gasteiger charge is 2.22. The number of hydrogen-bond acceptors (Lipinski definition) is 5. The van der Waals surface area contributed by atoms with Gasteiger partial charge in [0.05, 0.1) is 35.5 Å². The summed E-state index contributed by atoms with van der Waals surface area (Å²) in [6.45, 7) is 5.61. The second-order valence-corrected chi connectivity index (χ2v) is 10.7. The van der Waals surface area contributed by atoms with Crippen molar-refractivity contribution in [1.29, 1.82) is 0 Å². The van der Waals surface area contributed by atoms with Crippen LogP contribution in [0.2, 0.25) is 5.02 Å². The van der Waals surface area contributed by atoms with E-state index in [-0.39, 0.29) is 43.3 Å². The van der Waals surface area contributed by atoms with Gasteiger partial charge in [0.1, 0.15) is 12.4 Å². The van der Waals surface area contributed by atoms with Crippen LogP contribution in [0.3, 0.4) is 0 Å². The Morgan fingerprint density at radius 1 is 1.18 bits per heavy atom. The first-order valence-electron chi connectivity index (χ1n) is 13.5. The largest absolute Gasteiger partial charge is 0.491 e. The lowest BCUT2D eigenvalue weighted by molar-refractivity contribution is -0.136. The van der Waals surface area contributed by atoms with Crippen molar-refractivity contribution in [3.8, 4) is 5.75 Å². The summed E-state index contributed by atoms with van der Waals surface area (Å²) in [6, 6.07) is 12.4. The molecular formula is C29H36ClN5O4. The molecule has 1 aliphatic rings. The molecule has 2 aromatic carbocycles. The van der Waals surface area contributed by atoms with Crippen LogP contribution >= 0.6 is 11.6 Å². The van der Waals surface area contributed by atoms with Gasteiger partial charge in [0.15, 0.2) is 0 Å². The molecule has 3 amide bonds. The Hall–Kier alpha value is -3.59. The van der Waals surface area contributed by atoms with E-state index in [0.29, 0.717) is 61.2 Å². The van der Waals surface area contributed by atoms with Crippen molar-refractivity contribution < 1.29 is 19.1 Å². The average Bonchev–Trinajstić information content (AvgIpc) is 3.32. The lowest BCUT2D eigenvalue weighted by atomic mass is 10.0.